The first-order chi connectivity index (χ1) is 14.0. The van der Waals surface area contributed by atoms with Crippen molar-refractivity contribution < 1.29 is 9.59 Å². The molecule has 0 aliphatic carbocycles. The number of benzene rings is 2. The molecule has 29 heavy (non-hydrogen) atoms. The molecular weight excluding hydrogens is 366 g/mol. The Labute approximate surface area is 171 Å². The molecule has 0 radical (unpaired) electrons. The lowest BCUT2D eigenvalue weighted by Crippen LogP contribution is -2.44. The van der Waals surface area contributed by atoms with Gasteiger partial charge in [0.05, 0.1) is 0 Å². The third-order valence-electron chi connectivity index (χ3n) is 5.16. The Bertz CT molecular complexity index is 829. The quantitative estimate of drug-likeness (QED) is 0.565. The van der Waals surface area contributed by atoms with E-state index in [2.05, 4.69) is 27.9 Å². The fourth-order valence-corrected chi connectivity index (χ4v) is 3.38. The number of hydrogen-bond acceptors (Lipinski definition) is 4. The van der Waals surface area contributed by atoms with Gasteiger partial charge < -0.3 is 26.6 Å². The minimum absolute atomic E-state index is 0.0750. The number of urea groups is 1. The molecule has 1 aliphatic heterocycles. The number of aryl methyl sites for hydroxylation is 1. The SMILES string of the molecule is CN1CCC(NC(=O)Nc2ccc(NC(=O)CCc3ccccc3N)cc2)CC1. The number of hydrogen-bond donors (Lipinski definition) is 4. The summed E-state index contributed by atoms with van der Waals surface area (Å²) in [4.78, 5) is 26.6. The van der Waals surface area contributed by atoms with Crippen LogP contribution in [-0.4, -0.2) is 43.0 Å². The molecule has 7 heteroatoms. The van der Waals surface area contributed by atoms with Crippen molar-refractivity contribution in [2.75, 3.05) is 36.5 Å². The van der Waals surface area contributed by atoms with E-state index in [0.29, 0.717) is 29.9 Å². The number of piperidine rings is 1. The van der Waals surface area contributed by atoms with Gasteiger partial charge in [0.2, 0.25) is 5.91 Å². The third-order valence-corrected chi connectivity index (χ3v) is 5.16. The normalized spacial score (nSPS) is 14.9. The zero-order valence-electron chi connectivity index (χ0n) is 16.8. The second kappa shape index (κ2) is 9.93. The van der Waals surface area contributed by atoms with Crippen molar-refractivity contribution in [3.8, 4) is 0 Å². The van der Waals surface area contributed by atoms with Crippen LogP contribution in [-0.2, 0) is 11.2 Å². The summed E-state index contributed by atoms with van der Waals surface area (Å²) in [5.74, 6) is -0.0750. The summed E-state index contributed by atoms with van der Waals surface area (Å²) in [5.41, 5.74) is 8.96. The third kappa shape index (κ3) is 6.50. The first-order valence-electron chi connectivity index (χ1n) is 9.99. The highest BCUT2D eigenvalue weighted by molar-refractivity contribution is 5.92. The summed E-state index contributed by atoms with van der Waals surface area (Å²) in [5, 5.41) is 8.73. The first kappa shape index (κ1) is 20.7. The van der Waals surface area contributed by atoms with Crippen molar-refractivity contribution in [1.82, 2.24) is 10.2 Å². The van der Waals surface area contributed by atoms with Gasteiger partial charge in [-0.2, -0.15) is 0 Å². The van der Waals surface area contributed by atoms with Gasteiger partial charge in [0.1, 0.15) is 0 Å². The van der Waals surface area contributed by atoms with E-state index >= 15 is 0 Å². The smallest absolute Gasteiger partial charge is 0.319 e. The van der Waals surface area contributed by atoms with Crippen molar-refractivity contribution in [2.24, 2.45) is 0 Å². The van der Waals surface area contributed by atoms with Gasteiger partial charge in [0.15, 0.2) is 0 Å². The van der Waals surface area contributed by atoms with E-state index in [9.17, 15) is 9.59 Å². The Kier molecular flexibility index (Phi) is 7.08. The molecule has 2 aromatic carbocycles. The summed E-state index contributed by atoms with van der Waals surface area (Å²) >= 11 is 0. The van der Waals surface area contributed by atoms with Crippen LogP contribution in [0.4, 0.5) is 21.9 Å². The van der Waals surface area contributed by atoms with Crippen molar-refractivity contribution in [1.29, 1.82) is 0 Å². The molecule has 3 rings (SSSR count). The predicted octanol–water partition coefficient (Wildman–Crippen LogP) is 3.06. The van der Waals surface area contributed by atoms with Gasteiger partial charge in [0, 0.05) is 29.5 Å². The van der Waals surface area contributed by atoms with Gasteiger partial charge in [0.25, 0.3) is 0 Å². The summed E-state index contributed by atoms with van der Waals surface area (Å²) in [6.07, 6.45) is 2.87. The summed E-state index contributed by atoms with van der Waals surface area (Å²) in [7, 11) is 2.09. The number of nitrogens with one attached hydrogen (secondary N) is 3. The fourth-order valence-electron chi connectivity index (χ4n) is 3.38. The number of rotatable bonds is 6. The van der Waals surface area contributed by atoms with Crippen LogP contribution < -0.4 is 21.7 Å². The van der Waals surface area contributed by atoms with Crippen LogP contribution in [0.15, 0.2) is 48.5 Å². The van der Waals surface area contributed by atoms with Gasteiger partial charge >= 0.3 is 6.03 Å². The Morgan fingerprint density at radius 3 is 2.28 bits per heavy atom. The molecule has 1 saturated heterocycles. The zero-order chi connectivity index (χ0) is 20.6. The van der Waals surface area contributed by atoms with Crippen LogP contribution >= 0.6 is 0 Å². The summed E-state index contributed by atoms with van der Waals surface area (Å²) in [6.45, 7) is 1.99. The van der Waals surface area contributed by atoms with E-state index < -0.39 is 0 Å². The Morgan fingerprint density at radius 2 is 1.62 bits per heavy atom. The van der Waals surface area contributed by atoms with E-state index in [4.69, 9.17) is 5.73 Å². The van der Waals surface area contributed by atoms with E-state index in [0.717, 1.165) is 31.5 Å². The number of nitrogens with two attached hydrogens (primary N) is 1. The van der Waals surface area contributed by atoms with Gasteiger partial charge in [-0.1, -0.05) is 18.2 Å². The van der Waals surface area contributed by atoms with Crippen LogP contribution in [0.3, 0.4) is 0 Å². The molecule has 0 unspecified atom stereocenters. The Hall–Kier alpha value is -3.06. The van der Waals surface area contributed by atoms with Crippen LogP contribution in [0.2, 0.25) is 0 Å². The minimum atomic E-state index is -0.197. The molecule has 2 aromatic rings. The Morgan fingerprint density at radius 1 is 1.00 bits per heavy atom. The topological polar surface area (TPSA) is 99.5 Å². The highest BCUT2D eigenvalue weighted by Gasteiger charge is 2.18. The highest BCUT2D eigenvalue weighted by Crippen LogP contribution is 2.16. The van der Waals surface area contributed by atoms with E-state index in [1.807, 2.05) is 24.3 Å². The number of nitrogens with zero attached hydrogens (tertiary/aromatic N) is 1. The monoisotopic (exact) mass is 395 g/mol. The maximum atomic E-state index is 12.2. The number of likely N-dealkylation sites (tertiary alicyclic amines) is 1. The summed E-state index contributed by atoms with van der Waals surface area (Å²) < 4.78 is 0. The number of para-hydroxylation sites is 1. The first-order valence-corrected chi connectivity index (χ1v) is 9.99. The van der Waals surface area contributed by atoms with Crippen LogP contribution in [0.5, 0.6) is 0 Å². The average Bonchev–Trinajstić information content (AvgIpc) is 2.70. The maximum absolute atomic E-state index is 12.2. The molecule has 0 spiro atoms. The Balaban J connectivity index is 1.42. The molecular formula is C22H29N5O2. The molecule has 0 aromatic heterocycles. The molecule has 1 fully saturated rings. The van der Waals surface area contributed by atoms with Gasteiger partial charge in [-0.05, 0) is 75.3 Å². The zero-order valence-corrected chi connectivity index (χ0v) is 16.8. The number of anilines is 3. The van der Waals surface area contributed by atoms with Gasteiger partial charge in [-0.25, -0.2) is 4.79 Å². The highest BCUT2D eigenvalue weighted by atomic mass is 16.2. The predicted molar refractivity (Wildman–Crippen MR) is 117 cm³/mol. The molecule has 0 bridgehead atoms. The number of nitrogen functional groups attached to an aromatic ring is 1. The molecule has 0 saturated carbocycles. The van der Waals surface area contributed by atoms with Crippen LogP contribution in [0, 0.1) is 0 Å². The molecule has 5 N–H and O–H groups in total. The molecule has 0 atom stereocenters. The summed E-state index contributed by atoms with van der Waals surface area (Å²) in [6, 6.07) is 14.7. The van der Waals surface area contributed by atoms with E-state index in [-0.39, 0.29) is 18.0 Å². The maximum Gasteiger partial charge on any atom is 0.319 e. The number of carbonyl (C=O) groups is 2. The van der Waals surface area contributed by atoms with Crippen molar-refractivity contribution in [2.45, 2.75) is 31.7 Å². The molecule has 1 aliphatic rings. The van der Waals surface area contributed by atoms with Gasteiger partial charge in [-0.15, -0.1) is 0 Å². The molecule has 7 nitrogen and oxygen atoms in total. The van der Waals surface area contributed by atoms with Crippen molar-refractivity contribution >= 4 is 29.0 Å². The molecule has 154 valence electrons. The van der Waals surface area contributed by atoms with Crippen LogP contribution in [0.1, 0.15) is 24.8 Å². The van der Waals surface area contributed by atoms with Crippen LogP contribution in [0.25, 0.3) is 0 Å². The van der Waals surface area contributed by atoms with Crippen molar-refractivity contribution in [3.63, 3.8) is 0 Å². The van der Waals surface area contributed by atoms with Crippen molar-refractivity contribution in [3.05, 3.63) is 54.1 Å². The largest absolute Gasteiger partial charge is 0.399 e. The fraction of sp³-hybridized carbons (Fsp3) is 0.364. The number of carbonyl (C=O) groups excluding carboxylic acids is 2. The lowest BCUT2D eigenvalue weighted by Gasteiger charge is -2.29. The average molecular weight is 396 g/mol. The lowest BCUT2D eigenvalue weighted by molar-refractivity contribution is -0.116. The molecule has 1 heterocycles. The lowest BCUT2D eigenvalue weighted by atomic mass is 10.1. The molecule has 3 amide bonds. The van der Waals surface area contributed by atoms with Gasteiger partial charge in [-0.3, -0.25) is 4.79 Å². The second-order valence-corrected chi connectivity index (χ2v) is 7.50. The number of amides is 3. The van der Waals surface area contributed by atoms with E-state index in [1.54, 1.807) is 24.3 Å². The minimum Gasteiger partial charge on any atom is -0.399 e. The van der Waals surface area contributed by atoms with E-state index in [1.165, 1.54) is 0 Å². The second-order valence-electron chi connectivity index (χ2n) is 7.50. The standard InChI is InChI=1S/C22H29N5O2/c1-27-14-12-19(13-15-27)26-22(29)25-18-9-7-17(8-10-18)24-21(28)11-6-16-4-2-3-5-20(16)23/h2-5,7-10,19H,6,11-15,23H2,1H3,(H,24,28)(H2,25,26,29).